The predicted molar refractivity (Wildman–Crippen MR) is 74.5 cm³/mol. The number of rotatable bonds is 3. The zero-order chi connectivity index (χ0) is 12.8. The molecule has 1 aromatic rings. The minimum Gasteiger partial charge on any atom is -0.371 e. The van der Waals surface area contributed by atoms with E-state index in [0.717, 1.165) is 25.2 Å². The minimum absolute atomic E-state index is 0.143. The zero-order valence-electron chi connectivity index (χ0n) is 11.2. The van der Waals surface area contributed by atoms with Gasteiger partial charge in [0.2, 0.25) is 0 Å². The highest BCUT2D eigenvalue weighted by atomic mass is 19.1. The normalized spacial score (nSPS) is 17.3. The molecular formula is C15H23FN2. The van der Waals surface area contributed by atoms with Crippen LogP contribution in [0.25, 0.3) is 0 Å². The van der Waals surface area contributed by atoms with Gasteiger partial charge in [-0.15, -0.1) is 0 Å². The van der Waals surface area contributed by atoms with Crippen molar-refractivity contribution in [2.45, 2.75) is 38.6 Å². The van der Waals surface area contributed by atoms with Gasteiger partial charge in [-0.2, -0.15) is 0 Å². The molecule has 1 aliphatic heterocycles. The summed E-state index contributed by atoms with van der Waals surface area (Å²) < 4.78 is 13.3. The highest BCUT2D eigenvalue weighted by Crippen LogP contribution is 2.24. The van der Waals surface area contributed by atoms with E-state index in [4.69, 9.17) is 0 Å². The third-order valence-corrected chi connectivity index (χ3v) is 3.61. The van der Waals surface area contributed by atoms with Crippen molar-refractivity contribution < 1.29 is 4.39 Å². The van der Waals surface area contributed by atoms with E-state index in [1.165, 1.54) is 37.8 Å². The standard InChI is InChI=1S/C15H23FN2/c1-17-12-13-11-14(16)7-8-15(13)18-9-5-3-2-4-6-10-18/h7-8,11,17H,2-6,9-10,12H2,1H3. The Morgan fingerprint density at radius 2 is 1.78 bits per heavy atom. The lowest BCUT2D eigenvalue weighted by Gasteiger charge is -2.29. The zero-order valence-corrected chi connectivity index (χ0v) is 11.2. The first kappa shape index (κ1) is 13.3. The summed E-state index contributed by atoms with van der Waals surface area (Å²) >= 11 is 0. The van der Waals surface area contributed by atoms with E-state index in [1.807, 2.05) is 13.1 Å². The van der Waals surface area contributed by atoms with Gasteiger partial charge in [-0.3, -0.25) is 0 Å². The van der Waals surface area contributed by atoms with Gasteiger partial charge in [0.05, 0.1) is 0 Å². The van der Waals surface area contributed by atoms with Gasteiger partial charge >= 0.3 is 0 Å². The summed E-state index contributed by atoms with van der Waals surface area (Å²) in [6.45, 7) is 2.92. The quantitative estimate of drug-likeness (QED) is 0.885. The maximum Gasteiger partial charge on any atom is 0.123 e. The fourth-order valence-electron chi connectivity index (χ4n) is 2.68. The van der Waals surface area contributed by atoms with E-state index in [0.29, 0.717) is 0 Å². The van der Waals surface area contributed by atoms with Crippen LogP contribution in [0, 0.1) is 5.82 Å². The summed E-state index contributed by atoms with van der Waals surface area (Å²) in [5.74, 6) is -0.143. The number of benzene rings is 1. The average Bonchev–Trinajstić information content (AvgIpc) is 2.30. The molecule has 0 atom stereocenters. The van der Waals surface area contributed by atoms with E-state index in [2.05, 4.69) is 10.2 Å². The molecule has 0 saturated carbocycles. The summed E-state index contributed by atoms with van der Waals surface area (Å²) in [7, 11) is 1.90. The molecule has 0 aromatic heterocycles. The molecule has 1 aromatic carbocycles. The third-order valence-electron chi connectivity index (χ3n) is 3.61. The summed E-state index contributed by atoms with van der Waals surface area (Å²) in [6.07, 6.45) is 6.49. The number of nitrogens with one attached hydrogen (secondary N) is 1. The van der Waals surface area contributed by atoms with Crippen LogP contribution in [0.2, 0.25) is 0 Å². The molecule has 1 N–H and O–H groups in total. The molecule has 2 nitrogen and oxygen atoms in total. The molecular weight excluding hydrogens is 227 g/mol. The number of hydrogen-bond donors (Lipinski definition) is 1. The van der Waals surface area contributed by atoms with E-state index in [9.17, 15) is 4.39 Å². The van der Waals surface area contributed by atoms with Crippen LogP contribution in [0.3, 0.4) is 0 Å². The Morgan fingerprint density at radius 3 is 2.44 bits per heavy atom. The Kier molecular flexibility index (Phi) is 5.00. The van der Waals surface area contributed by atoms with Gasteiger partial charge in [0, 0.05) is 25.3 Å². The molecule has 0 unspecified atom stereocenters. The lowest BCUT2D eigenvalue weighted by molar-refractivity contribution is 0.554. The van der Waals surface area contributed by atoms with Crippen molar-refractivity contribution in [3.63, 3.8) is 0 Å². The van der Waals surface area contributed by atoms with Gasteiger partial charge in [0.25, 0.3) is 0 Å². The smallest absolute Gasteiger partial charge is 0.123 e. The molecule has 2 rings (SSSR count). The van der Waals surface area contributed by atoms with Gasteiger partial charge in [-0.05, 0) is 43.7 Å². The number of anilines is 1. The second kappa shape index (κ2) is 6.74. The van der Waals surface area contributed by atoms with Crippen LogP contribution in [-0.2, 0) is 6.54 Å². The maximum atomic E-state index is 13.3. The van der Waals surface area contributed by atoms with Crippen LogP contribution < -0.4 is 10.2 Å². The van der Waals surface area contributed by atoms with Crippen molar-refractivity contribution >= 4 is 5.69 Å². The lowest BCUT2D eigenvalue weighted by atomic mass is 10.1. The van der Waals surface area contributed by atoms with Crippen LogP contribution in [0.15, 0.2) is 18.2 Å². The molecule has 0 bridgehead atoms. The van der Waals surface area contributed by atoms with Crippen LogP contribution >= 0.6 is 0 Å². The van der Waals surface area contributed by atoms with Gasteiger partial charge < -0.3 is 10.2 Å². The fraction of sp³-hybridized carbons (Fsp3) is 0.600. The SMILES string of the molecule is CNCc1cc(F)ccc1N1CCCCCCC1. The molecule has 100 valence electrons. The van der Waals surface area contributed by atoms with Gasteiger partial charge in [0.1, 0.15) is 5.82 Å². The summed E-state index contributed by atoms with van der Waals surface area (Å²) in [5.41, 5.74) is 2.27. The van der Waals surface area contributed by atoms with Gasteiger partial charge in [-0.25, -0.2) is 4.39 Å². The molecule has 0 amide bonds. The molecule has 3 heteroatoms. The van der Waals surface area contributed by atoms with Crippen molar-refractivity contribution in [1.29, 1.82) is 0 Å². The molecule has 1 saturated heterocycles. The van der Waals surface area contributed by atoms with E-state index >= 15 is 0 Å². The van der Waals surface area contributed by atoms with Crippen molar-refractivity contribution in [2.24, 2.45) is 0 Å². The van der Waals surface area contributed by atoms with Crippen LogP contribution in [0.4, 0.5) is 10.1 Å². The molecule has 1 fully saturated rings. The summed E-state index contributed by atoms with van der Waals surface area (Å²) in [5, 5.41) is 3.13. The highest BCUT2D eigenvalue weighted by molar-refractivity contribution is 5.54. The van der Waals surface area contributed by atoms with Gasteiger partial charge in [-0.1, -0.05) is 19.3 Å². The fourth-order valence-corrected chi connectivity index (χ4v) is 2.68. The Labute approximate surface area is 109 Å². The number of nitrogens with zero attached hydrogens (tertiary/aromatic N) is 1. The van der Waals surface area contributed by atoms with E-state index < -0.39 is 0 Å². The Balaban J connectivity index is 2.18. The molecule has 1 aliphatic rings. The molecule has 1 heterocycles. The molecule has 18 heavy (non-hydrogen) atoms. The average molecular weight is 250 g/mol. The second-order valence-corrected chi connectivity index (χ2v) is 5.06. The first-order valence-electron chi connectivity index (χ1n) is 6.99. The van der Waals surface area contributed by atoms with Crippen LogP contribution in [-0.4, -0.2) is 20.1 Å². The molecule has 0 aliphatic carbocycles. The number of hydrogen-bond acceptors (Lipinski definition) is 2. The first-order valence-corrected chi connectivity index (χ1v) is 6.99. The summed E-state index contributed by atoms with van der Waals surface area (Å²) in [6, 6.07) is 5.17. The Bertz CT molecular complexity index is 371. The molecule has 0 radical (unpaired) electrons. The Morgan fingerprint density at radius 1 is 1.11 bits per heavy atom. The van der Waals surface area contributed by atoms with Gasteiger partial charge in [0.15, 0.2) is 0 Å². The van der Waals surface area contributed by atoms with Crippen LogP contribution in [0.1, 0.15) is 37.7 Å². The van der Waals surface area contributed by atoms with Crippen molar-refractivity contribution in [3.8, 4) is 0 Å². The van der Waals surface area contributed by atoms with E-state index in [-0.39, 0.29) is 5.82 Å². The predicted octanol–water partition coefficient (Wildman–Crippen LogP) is 3.32. The van der Waals surface area contributed by atoms with Crippen molar-refractivity contribution in [1.82, 2.24) is 5.32 Å². The second-order valence-electron chi connectivity index (χ2n) is 5.06. The van der Waals surface area contributed by atoms with Crippen molar-refractivity contribution in [2.75, 3.05) is 25.0 Å². The van der Waals surface area contributed by atoms with E-state index in [1.54, 1.807) is 12.1 Å². The lowest BCUT2D eigenvalue weighted by Crippen LogP contribution is -2.28. The van der Waals surface area contributed by atoms with Crippen molar-refractivity contribution in [3.05, 3.63) is 29.6 Å². The third kappa shape index (κ3) is 3.45. The highest BCUT2D eigenvalue weighted by Gasteiger charge is 2.13. The topological polar surface area (TPSA) is 15.3 Å². The summed E-state index contributed by atoms with van der Waals surface area (Å²) in [4.78, 5) is 2.42. The maximum absolute atomic E-state index is 13.3. The number of halogens is 1. The molecule has 0 spiro atoms. The minimum atomic E-state index is -0.143. The Hall–Kier alpha value is -1.09. The largest absolute Gasteiger partial charge is 0.371 e. The monoisotopic (exact) mass is 250 g/mol. The first-order chi connectivity index (χ1) is 8.81. The van der Waals surface area contributed by atoms with Crippen LogP contribution in [0.5, 0.6) is 0 Å².